The molecule has 156 valence electrons. The zero-order valence-corrected chi connectivity index (χ0v) is 17.0. The Morgan fingerprint density at radius 2 is 2.10 bits per heavy atom. The number of nitrogens with one attached hydrogen (secondary N) is 2. The third-order valence-electron chi connectivity index (χ3n) is 5.27. The fraction of sp³-hybridized carbons (Fsp3) is 0.474. The maximum atomic E-state index is 13.7. The Bertz CT molecular complexity index is 879. The van der Waals surface area contributed by atoms with Crippen molar-refractivity contribution in [2.75, 3.05) is 18.5 Å². The summed E-state index contributed by atoms with van der Waals surface area (Å²) in [4.78, 5) is 12.6. The molecule has 0 radical (unpaired) electrons. The van der Waals surface area contributed by atoms with Crippen LogP contribution < -0.4 is 10.6 Å². The largest absolute Gasteiger partial charge is 0.410 e. The van der Waals surface area contributed by atoms with Gasteiger partial charge in [-0.05, 0) is 30.5 Å². The summed E-state index contributed by atoms with van der Waals surface area (Å²) in [5, 5.41) is 9.72. The number of benzene rings is 1. The molecule has 6 nitrogen and oxygen atoms in total. The molecule has 10 heteroatoms. The minimum atomic E-state index is -4.48. The Kier molecular flexibility index (Phi) is 5.56. The summed E-state index contributed by atoms with van der Waals surface area (Å²) in [6.45, 7) is 0.982. The summed E-state index contributed by atoms with van der Waals surface area (Å²) in [5.41, 5.74) is 0.805. The number of fused-ring (bicyclic) bond motifs is 1. The van der Waals surface area contributed by atoms with E-state index < -0.39 is 24.2 Å². The van der Waals surface area contributed by atoms with E-state index in [1.165, 1.54) is 6.20 Å². The minimum Gasteiger partial charge on any atom is -0.376 e. The monoisotopic (exact) mass is 472 g/mol. The summed E-state index contributed by atoms with van der Waals surface area (Å²) in [5.74, 6) is -0.386. The van der Waals surface area contributed by atoms with Crippen molar-refractivity contribution < 1.29 is 22.7 Å². The second-order valence-electron chi connectivity index (χ2n) is 7.24. The summed E-state index contributed by atoms with van der Waals surface area (Å²) in [6.07, 6.45) is -1.77. The number of carbonyl (C=O) groups excluding carboxylic acids is 1. The van der Waals surface area contributed by atoms with Crippen molar-refractivity contribution in [3.8, 4) is 0 Å². The third-order valence-corrected chi connectivity index (χ3v) is 5.80. The Balaban J connectivity index is 1.60. The van der Waals surface area contributed by atoms with Crippen LogP contribution in [-0.2, 0) is 4.74 Å². The smallest absolute Gasteiger partial charge is 0.376 e. The molecule has 0 bridgehead atoms. The number of nitrogens with zero attached hydrogens (tertiary/aromatic N) is 2. The molecule has 3 heterocycles. The first kappa shape index (κ1) is 20.2. The highest BCUT2D eigenvalue weighted by Crippen LogP contribution is 2.44. The second kappa shape index (κ2) is 7.98. The normalized spacial score (nSPS) is 24.1. The number of carbonyl (C=O) groups is 1. The van der Waals surface area contributed by atoms with Crippen LogP contribution in [0.15, 0.2) is 34.9 Å². The number of aromatic nitrogens is 2. The van der Waals surface area contributed by atoms with E-state index in [4.69, 9.17) is 4.74 Å². The van der Waals surface area contributed by atoms with Crippen molar-refractivity contribution in [1.82, 2.24) is 15.1 Å². The SMILES string of the molecule is O=C(NC[C@@H]1CCCO1)c1cnn2c1N[C@@H](c1ccc(Br)cc1)C[C@@H]2C(F)(F)F. The summed E-state index contributed by atoms with van der Waals surface area (Å²) < 4.78 is 48.4. The maximum absolute atomic E-state index is 13.7. The van der Waals surface area contributed by atoms with E-state index in [1.54, 1.807) is 24.3 Å². The second-order valence-corrected chi connectivity index (χ2v) is 8.15. The lowest BCUT2D eigenvalue weighted by Gasteiger charge is -2.34. The van der Waals surface area contributed by atoms with E-state index in [9.17, 15) is 18.0 Å². The zero-order chi connectivity index (χ0) is 20.6. The number of rotatable bonds is 4. The summed E-state index contributed by atoms with van der Waals surface area (Å²) in [6, 6.07) is 4.67. The van der Waals surface area contributed by atoms with Crippen LogP contribution in [0.25, 0.3) is 0 Å². The van der Waals surface area contributed by atoms with Crippen LogP contribution in [0.5, 0.6) is 0 Å². The van der Waals surface area contributed by atoms with Gasteiger partial charge in [-0.2, -0.15) is 18.3 Å². The molecule has 2 aliphatic rings. The molecule has 1 fully saturated rings. The van der Waals surface area contributed by atoms with Gasteiger partial charge < -0.3 is 15.4 Å². The topological polar surface area (TPSA) is 68.2 Å². The zero-order valence-electron chi connectivity index (χ0n) is 15.4. The Morgan fingerprint density at radius 3 is 2.76 bits per heavy atom. The van der Waals surface area contributed by atoms with Crippen molar-refractivity contribution in [3.63, 3.8) is 0 Å². The lowest BCUT2D eigenvalue weighted by Crippen LogP contribution is -2.37. The lowest BCUT2D eigenvalue weighted by atomic mass is 9.96. The molecule has 0 saturated carbocycles. The minimum absolute atomic E-state index is 0.0586. The molecule has 1 aromatic heterocycles. The van der Waals surface area contributed by atoms with Gasteiger partial charge in [-0.3, -0.25) is 4.79 Å². The van der Waals surface area contributed by atoms with Gasteiger partial charge in [-0.15, -0.1) is 0 Å². The van der Waals surface area contributed by atoms with Crippen molar-refractivity contribution >= 4 is 27.7 Å². The Hall–Kier alpha value is -2.07. The van der Waals surface area contributed by atoms with Gasteiger partial charge in [0.05, 0.1) is 18.3 Å². The molecular weight excluding hydrogens is 453 g/mol. The number of anilines is 1. The summed E-state index contributed by atoms with van der Waals surface area (Å²) in [7, 11) is 0. The molecular formula is C19H20BrF3N4O2. The van der Waals surface area contributed by atoms with E-state index >= 15 is 0 Å². The van der Waals surface area contributed by atoms with Gasteiger partial charge in [0.15, 0.2) is 6.04 Å². The molecule has 2 aromatic rings. The van der Waals surface area contributed by atoms with Crippen molar-refractivity contribution in [1.29, 1.82) is 0 Å². The molecule has 2 N–H and O–H groups in total. The van der Waals surface area contributed by atoms with Gasteiger partial charge in [0.25, 0.3) is 5.91 Å². The predicted molar refractivity (Wildman–Crippen MR) is 104 cm³/mol. The van der Waals surface area contributed by atoms with Crippen molar-refractivity contribution in [2.24, 2.45) is 0 Å². The highest BCUT2D eigenvalue weighted by molar-refractivity contribution is 9.10. The molecule has 1 amide bonds. The van der Waals surface area contributed by atoms with Gasteiger partial charge in [0.2, 0.25) is 0 Å². The van der Waals surface area contributed by atoms with Gasteiger partial charge in [0.1, 0.15) is 11.4 Å². The average molecular weight is 473 g/mol. The van der Waals surface area contributed by atoms with Crippen LogP contribution in [0.2, 0.25) is 0 Å². The lowest BCUT2D eigenvalue weighted by molar-refractivity contribution is -0.173. The van der Waals surface area contributed by atoms with E-state index in [2.05, 4.69) is 31.7 Å². The molecule has 0 unspecified atom stereocenters. The molecule has 0 aliphatic carbocycles. The van der Waals surface area contributed by atoms with E-state index in [0.29, 0.717) is 18.7 Å². The fourth-order valence-corrected chi connectivity index (χ4v) is 4.01. The van der Waals surface area contributed by atoms with Gasteiger partial charge in [0, 0.05) is 24.0 Å². The number of amides is 1. The van der Waals surface area contributed by atoms with Crippen LogP contribution in [-0.4, -0.2) is 41.1 Å². The predicted octanol–water partition coefficient (Wildman–Crippen LogP) is 4.21. The third kappa shape index (κ3) is 4.28. The van der Waals surface area contributed by atoms with E-state index in [0.717, 1.165) is 22.0 Å². The fourth-order valence-electron chi connectivity index (χ4n) is 3.75. The summed E-state index contributed by atoms with van der Waals surface area (Å²) >= 11 is 3.33. The quantitative estimate of drug-likeness (QED) is 0.698. The average Bonchev–Trinajstić information content (AvgIpc) is 3.35. The van der Waals surface area contributed by atoms with Crippen LogP contribution >= 0.6 is 15.9 Å². The molecule has 3 atom stereocenters. The maximum Gasteiger partial charge on any atom is 0.410 e. The van der Waals surface area contributed by atoms with Crippen molar-refractivity contribution in [3.05, 3.63) is 46.1 Å². The highest BCUT2D eigenvalue weighted by atomic mass is 79.9. The van der Waals surface area contributed by atoms with Gasteiger partial charge in [-0.25, -0.2) is 4.68 Å². The first-order valence-corrected chi connectivity index (χ1v) is 10.2. The molecule has 29 heavy (non-hydrogen) atoms. The molecule has 1 aromatic carbocycles. The number of ether oxygens (including phenoxy) is 1. The molecule has 0 spiro atoms. The highest BCUT2D eigenvalue weighted by Gasteiger charge is 2.47. The number of hydrogen-bond acceptors (Lipinski definition) is 4. The Morgan fingerprint density at radius 1 is 1.34 bits per heavy atom. The van der Waals surface area contributed by atoms with E-state index in [1.807, 2.05) is 0 Å². The molecule has 4 rings (SSSR count). The number of halogens is 4. The van der Waals surface area contributed by atoms with Crippen LogP contribution in [0.1, 0.15) is 47.3 Å². The first-order valence-electron chi connectivity index (χ1n) is 9.39. The number of hydrogen-bond donors (Lipinski definition) is 2. The van der Waals surface area contributed by atoms with Crippen LogP contribution in [0, 0.1) is 0 Å². The standard InChI is InChI=1S/C19H20BrF3N4O2/c20-12-5-3-11(4-6-12)15-8-16(19(21,22)23)27-17(26-15)14(10-25-27)18(28)24-9-13-2-1-7-29-13/h3-6,10,13,15-16,26H,1-2,7-9H2,(H,24,28)/t13-,15+,16+/m0/s1. The van der Waals surface area contributed by atoms with Crippen molar-refractivity contribution in [2.45, 2.75) is 43.6 Å². The van der Waals surface area contributed by atoms with Gasteiger partial charge >= 0.3 is 6.18 Å². The van der Waals surface area contributed by atoms with Crippen LogP contribution in [0.4, 0.5) is 19.0 Å². The molecule has 2 aliphatic heterocycles. The molecule has 1 saturated heterocycles. The Labute approximate surface area is 173 Å². The first-order chi connectivity index (χ1) is 13.8. The van der Waals surface area contributed by atoms with Gasteiger partial charge in [-0.1, -0.05) is 28.1 Å². The van der Waals surface area contributed by atoms with E-state index in [-0.39, 0.29) is 23.9 Å². The van der Waals surface area contributed by atoms with Crippen LogP contribution in [0.3, 0.4) is 0 Å². The number of alkyl halides is 3.